The van der Waals surface area contributed by atoms with Crippen LogP contribution in [0.4, 0.5) is 5.82 Å². The van der Waals surface area contributed by atoms with Crippen LogP contribution in [-0.2, 0) is 11.2 Å². The monoisotopic (exact) mass is 236 g/mol. The lowest BCUT2D eigenvalue weighted by Crippen LogP contribution is -2.32. The molecular weight excluding hydrogens is 216 g/mol. The third-order valence-electron chi connectivity index (χ3n) is 3.41. The summed E-state index contributed by atoms with van der Waals surface area (Å²) < 4.78 is 0. The first-order chi connectivity index (χ1) is 8.19. The average molecular weight is 236 g/mol. The molecule has 0 radical (unpaired) electrons. The molecule has 1 aliphatic rings. The highest BCUT2D eigenvalue weighted by molar-refractivity contribution is 5.91. The van der Waals surface area contributed by atoms with E-state index in [4.69, 9.17) is 5.73 Å². The van der Waals surface area contributed by atoms with Crippen LogP contribution >= 0.6 is 0 Å². The number of nitrogens with two attached hydrogens (primary N) is 1. The first kappa shape index (κ1) is 12.1. The molecule has 5 nitrogen and oxygen atoms in total. The lowest BCUT2D eigenvalue weighted by Gasteiger charge is -2.24. The Morgan fingerprint density at radius 3 is 2.82 bits per heavy atom. The van der Waals surface area contributed by atoms with Crippen molar-refractivity contribution in [1.29, 1.82) is 0 Å². The molecule has 0 atom stereocenters. The van der Waals surface area contributed by atoms with E-state index in [0.29, 0.717) is 5.82 Å². The fraction of sp³-hybridized carbons (Fsp3) is 0.667. The molecular formula is C12H20N4O. The van der Waals surface area contributed by atoms with E-state index in [-0.39, 0.29) is 17.9 Å². The first-order valence-electron chi connectivity index (χ1n) is 6.29. The van der Waals surface area contributed by atoms with E-state index in [0.717, 1.165) is 37.8 Å². The van der Waals surface area contributed by atoms with Gasteiger partial charge >= 0.3 is 0 Å². The van der Waals surface area contributed by atoms with Gasteiger partial charge in [0.2, 0.25) is 5.91 Å². The molecule has 5 heteroatoms. The predicted octanol–water partition coefficient (Wildman–Crippen LogP) is 1.43. The van der Waals surface area contributed by atoms with Gasteiger partial charge in [-0.25, -0.2) is 0 Å². The van der Waals surface area contributed by atoms with Gasteiger partial charge in [0.05, 0.1) is 0 Å². The van der Waals surface area contributed by atoms with Gasteiger partial charge in [-0.3, -0.25) is 9.89 Å². The van der Waals surface area contributed by atoms with E-state index in [1.165, 1.54) is 0 Å². The zero-order valence-electron chi connectivity index (χ0n) is 10.2. The SMILES string of the molecule is CCc1cc(NC(=O)C2CCC(N)CC2)n[nH]1. The molecule has 1 aliphatic carbocycles. The molecule has 1 heterocycles. The summed E-state index contributed by atoms with van der Waals surface area (Å²) in [5.41, 5.74) is 6.86. The van der Waals surface area contributed by atoms with Crippen LogP contribution in [0, 0.1) is 5.92 Å². The fourth-order valence-electron chi connectivity index (χ4n) is 2.22. The zero-order chi connectivity index (χ0) is 12.3. The number of H-pyrrole nitrogens is 1. The number of carbonyl (C=O) groups excluding carboxylic acids is 1. The van der Waals surface area contributed by atoms with Crippen LogP contribution in [0.2, 0.25) is 0 Å². The van der Waals surface area contributed by atoms with Gasteiger partial charge in [-0.15, -0.1) is 0 Å². The Morgan fingerprint density at radius 1 is 1.53 bits per heavy atom. The number of amides is 1. The Bertz CT molecular complexity index is 380. The molecule has 17 heavy (non-hydrogen) atoms. The van der Waals surface area contributed by atoms with Gasteiger partial charge in [0.15, 0.2) is 5.82 Å². The smallest absolute Gasteiger partial charge is 0.228 e. The van der Waals surface area contributed by atoms with Gasteiger partial charge < -0.3 is 11.1 Å². The number of aromatic nitrogens is 2. The predicted molar refractivity (Wildman–Crippen MR) is 66.5 cm³/mol. The Labute approximate surface area is 101 Å². The summed E-state index contributed by atoms with van der Waals surface area (Å²) in [6.45, 7) is 2.04. The minimum atomic E-state index is 0.0750. The van der Waals surface area contributed by atoms with E-state index >= 15 is 0 Å². The summed E-state index contributed by atoms with van der Waals surface area (Å²) in [7, 11) is 0. The van der Waals surface area contributed by atoms with Gasteiger partial charge in [0, 0.05) is 23.7 Å². The molecule has 1 fully saturated rings. The van der Waals surface area contributed by atoms with Gasteiger partial charge in [-0.1, -0.05) is 6.92 Å². The summed E-state index contributed by atoms with van der Waals surface area (Å²) >= 11 is 0. The van der Waals surface area contributed by atoms with E-state index in [2.05, 4.69) is 15.5 Å². The lowest BCUT2D eigenvalue weighted by atomic mass is 9.86. The average Bonchev–Trinajstić information content (AvgIpc) is 2.77. The van der Waals surface area contributed by atoms with E-state index < -0.39 is 0 Å². The highest BCUT2D eigenvalue weighted by Gasteiger charge is 2.24. The molecule has 94 valence electrons. The topological polar surface area (TPSA) is 83.8 Å². The van der Waals surface area contributed by atoms with Gasteiger partial charge in [0.1, 0.15) is 0 Å². The summed E-state index contributed by atoms with van der Waals surface area (Å²) in [6.07, 6.45) is 4.55. The van der Waals surface area contributed by atoms with E-state index in [9.17, 15) is 4.79 Å². The molecule has 4 N–H and O–H groups in total. The van der Waals surface area contributed by atoms with Crippen molar-refractivity contribution in [3.8, 4) is 0 Å². The molecule has 0 spiro atoms. The number of nitrogens with zero attached hydrogens (tertiary/aromatic N) is 1. The number of aromatic amines is 1. The standard InChI is InChI=1S/C12H20N4O/c1-2-10-7-11(16-15-10)14-12(17)8-3-5-9(13)6-4-8/h7-9H,2-6,13H2,1H3,(H2,14,15,16,17). The molecule has 1 saturated carbocycles. The minimum Gasteiger partial charge on any atom is -0.328 e. The third kappa shape index (κ3) is 3.06. The van der Waals surface area contributed by atoms with Gasteiger partial charge in [-0.2, -0.15) is 5.10 Å². The normalized spacial score (nSPS) is 24.6. The van der Waals surface area contributed by atoms with Crippen LogP contribution in [0.1, 0.15) is 38.3 Å². The van der Waals surface area contributed by atoms with Crippen LogP contribution in [0.3, 0.4) is 0 Å². The number of aryl methyl sites for hydroxylation is 1. The molecule has 0 aromatic carbocycles. The van der Waals surface area contributed by atoms with Crippen molar-refractivity contribution in [3.05, 3.63) is 11.8 Å². The van der Waals surface area contributed by atoms with Crippen molar-refractivity contribution >= 4 is 11.7 Å². The molecule has 1 amide bonds. The molecule has 0 saturated heterocycles. The number of carbonyl (C=O) groups is 1. The Kier molecular flexibility index (Phi) is 3.78. The van der Waals surface area contributed by atoms with Crippen LogP contribution < -0.4 is 11.1 Å². The number of anilines is 1. The Morgan fingerprint density at radius 2 is 2.24 bits per heavy atom. The molecule has 0 aliphatic heterocycles. The summed E-state index contributed by atoms with van der Waals surface area (Å²) in [5.74, 6) is 0.796. The quantitative estimate of drug-likeness (QED) is 0.742. The maximum absolute atomic E-state index is 12.0. The number of hydrogen-bond acceptors (Lipinski definition) is 3. The van der Waals surface area contributed by atoms with Crippen molar-refractivity contribution in [3.63, 3.8) is 0 Å². The Hall–Kier alpha value is -1.36. The number of hydrogen-bond donors (Lipinski definition) is 3. The summed E-state index contributed by atoms with van der Waals surface area (Å²) in [4.78, 5) is 12.0. The second kappa shape index (κ2) is 5.31. The largest absolute Gasteiger partial charge is 0.328 e. The molecule has 1 aromatic heterocycles. The highest BCUT2D eigenvalue weighted by Crippen LogP contribution is 2.24. The van der Waals surface area contributed by atoms with Crippen LogP contribution in [0.5, 0.6) is 0 Å². The molecule has 2 rings (SSSR count). The van der Waals surface area contributed by atoms with Crippen molar-refractivity contribution in [1.82, 2.24) is 10.2 Å². The molecule has 0 unspecified atom stereocenters. The van der Waals surface area contributed by atoms with Gasteiger partial charge in [-0.05, 0) is 32.1 Å². The fourth-order valence-corrected chi connectivity index (χ4v) is 2.22. The van der Waals surface area contributed by atoms with Crippen molar-refractivity contribution < 1.29 is 4.79 Å². The van der Waals surface area contributed by atoms with Crippen LogP contribution in [-0.4, -0.2) is 22.1 Å². The summed E-state index contributed by atoms with van der Waals surface area (Å²) in [6, 6.07) is 2.16. The van der Waals surface area contributed by atoms with Gasteiger partial charge in [0.25, 0.3) is 0 Å². The highest BCUT2D eigenvalue weighted by atomic mass is 16.1. The lowest BCUT2D eigenvalue weighted by molar-refractivity contribution is -0.120. The number of nitrogens with one attached hydrogen (secondary N) is 2. The van der Waals surface area contributed by atoms with Crippen molar-refractivity contribution in [2.75, 3.05) is 5.32 Å². The second-order valence-electron chi connectivity index (χ2n) is 4.73. The third-order valence-corrected chi connectivity index (χ3v) is 3.41. The number of rotatable bonds is 3. The molecule has 1 aromatic rings. The van der Waals surface area contributed by atoms with Crippen molar-refractivity contribution in [2.45, 2.75) is 45.1 Å². The maximum Gasteiger partial charge on any atom is 0.228 e. The van der Waals surface area contributed by atoms with E-state index in [1.54, 1.807) is 0 Å². The first-order valence-corrected chi connectivity index (χ1v) is 6.29. The molecule has 0 bridgehead atoms. The zero-order valence-corrected chi connectivity index (χ0v) is 10.2. The minimum absolute atomic E-state index is 0.0750. The van der Waals surface area contributed by atoms with Crippen LogP contribution in [0.25, 0.3) is 0 Å². The Balaban J connectivity index is 1.88. The van der Waals surface area contributed by atoms with Crippen molar-refractivity contribution in [2.24, 2.45) is 11.7 Å². The van der Waals surface area contributed by atoms with E-state index in [1.807, 2.05) is 13.0 Å². The summed E-state index contributed by atoms with van der Waals surface area (Å²) in [5, 5.41) is 9.80. The van der Waals surface area contributed by atoms with Crippen LogP contribution in [0.15, 0.2) is 6.07 Å². The maximum atomic E-state index is 12.0. The second-order valence-corrected chi connectivity index (χ2v) is 4.73.